The monoisotopic (exact) mass is 273 g/mol. The molecule has 20 heavy (non-hydrogen) atoms. The van der Waals surface area contributed by atoms with Crippen molar-refractivity contribution in [3.05, 3.63) is 35.6 Å². The molecule has 0 radical (unpaired) electrons. The minimum Gasteiger partial charge on any atom is -0.461 e. The van der Waals surface area contributed by atoms with Crippen LogP contribution in [0.15, 0.2) is 28.7 Å². The van der Waals surface area contributed by atoms with Crippen LogP contribution in [0.3, 0.4) is 0 Å². The molecule has 0 amide bonds. The zero-order chi connectivity index (χ0) is 14.1. The average Bonchev–Trinajstić information content (AvgIpc) is 3.05. The molecule has 3 rings (SSSR count). The van der Waals surface area contributed by atoms with Crippen LogP contribution in [0.5, 0.6) is 0 Å². The number of para-hydroxylation sites is 1. The molecular weight excluding hydrogens is 250 g/mol. The number of ether oxygens (including phenoxy) is 1. The number of rotatable bonds is 4. The van der Waals surface area contributed by atoms with Gasteiger partial charge in [0.1, 0.15) is 11.3 Å². The van der Waals surface area contributed by atoms with Crippen molar-refractivity contribution in [3.63, 3.8) is 0 Å². The summed E-state index contributed by atoms with van der Waals surface area (Å²) in [6, 6.07) is 8.64. The van der Waals surface area contributed by atoms with Gasteiger partial charge in [-0.1, -0.05) is 25.1 Å². The Balaban J connectivity index is 2.06. The SMILES string of the molecule is CCc1oc2ccccc2c1C(NC)C1COC(C)C1. The van der Waals surface area contributed by atoms with Crippen molar-refractivity contribution < 1.29 is 9.15 Å². The summed E-state index contributed by atoms with van der Waals surface area (Å²) in [4.78, 5) is 0. The number of nitrogens with one attached hydrogen (secondary N) is 1. The molecule has 1 N–H and O–H groups in total. The van der Waals surface area contributed by atoms with Crippen LogP contribution in [0, 0.1) is 5.92 Å². The molecule has 0 bridgehead atoms. The maximum absolute atomic E-state index is 6.04. The summed E-state index contributed by atoms with van der Waals surface area (Å²) in [5.41, 5.74) is 2.32. The van der Waals surface area contributed by atoms with Gasteiger partial charge in [-0.05, 0) is 26.5 Å². The van der Waals surface area contributed by atoms with Gasteiger partial charge in [0.05, 0.1) is 12.7 Å². The van der Waals surface area contributed by atoms with Crippen LogP contribution >= 0.6 is 0 Å². The second-order valence-corrected chi connectivity index (χ2v) is 5.69. The van der Waals surface area contributed by atoms with Gasteiger partial charge in [-0.2, -0.15) is 0 Å². The van der Waals surface area contributed by atoms with Crippen LogP contribution in [-0.2, 0) is 11.2 Å². The Labute approximate surface area is 120 Å². The van der Waals surface area contributed by atoms with Crippen LogP contribution in [0.25, 0.3) is 11.0 Å². The minimum atomic E-state index is 0.304. The fourth-order valence-corrected chi connectivity index (χ4v) is 3.42. The first-order chi connectivity index (χ1) is 9.74. The van der Waals surface area contributed by atoms with Crippen molar-refractivity contribution in [2.45, 2.75) is 38.8 Å². The van der Waals surface area contributed by atoms with E-state index in [2.05, 4.69) is 37.4 Å². The fraction of sp³-hybridized carbons (Fsp3) is 0.529. The lowest BCUT2D eigenvalue weighted by molar-refractivity contribution is 0.117. The van der Waals surface area contributed by atoms with Crippen molar-refractivity contribution in [3.8, 4) is 0 Å². The predicted octanol–water partition coefficient (Wildman–Crippen LogP) is 3.68. The number of benzene rings is 1. The molecule has 1 aromatic heterocycles. The largest absolute Gasteiger partial charge is 0.461 e. The van der Waals surface area contributed by atoms with E-state index in [-0.39, 0.29) is 0 Å². The van der Waals surface area contributed by atoms with Crippen molar-refractivity contribution in [2.75, 3.05) is 13.7 Å². The standard InChI is InChI=1S/C17H23NO2/c1-4-14-16(13-7-5-6-8-15(13)20-14)17(18-3)12-9-11(2)19-10-12/h5-8,11-12,17-18H,4,9-10H2,1-3H3. The molecule has 2 heterocycles. The third-order valence-corrected chi connectivity index (χ3v) is 4.35. The molecule has 0 spiro atoms. The van der Waals surface area contributed by atoms with Gasteiger partial charge in [0.2, 0.25) is 0 Å². The van der Waals surface area contributed by atoms with Crippen LogP contribution < -0.4 is 5.32 Å². The van der Waals surface area contributed by atoms with Gasteiger partial charge in [-0.25, -0.2) is 0 Å². The smallest absolute Gasteiger partial charge is 0.134 e. The maximum Gasteiger partial charge on any atom is 0.134 e. The highest BCUT2D eigenvalue weighted by molar-refractivity contribution is 5.82. The van der Waals surface area contributed by atoms with E-state index < -0.39 is 0 Å². The fourth-order valence-electron chi connectivity index (χ4n) is 3.42. The maximum atomic E-state index is 6.04. The highest BCUT2D eigenvalue weighted by Gasteiger charge is 2.33. The highest BCUT2D eigenvalue weighted by Crippen LogP contribution is 2.38. The number of fused-ring (bicyclic) bond motifs is 1. The van der Waals surface area contributed by atoms with E-state index in [0.29, 0.717) is 18.1 Å². The van der Waals surface area contributed by atoms with E-state index in [0.717, 1.165) is 30.8 Å². The summed E-state index contributed by atoms with van der Waals surface area (Å²) in [6.07, 6.45) is 2.39. The van der Waals surface area contributed by atoms with E-state index in [1.807, 2.05) is 13.1 Å². The third-order valence-electron chi connectivity index (χ3n) is 4.35. The summed E-state index contributed by atoms with van der Waals surface area (Å²) in [5, 5.41) is 4.73. The lowest BCUT2D eigenvalue weighted by Gasteiger charge is -2.22. The lowest BCUT2D eigenvalue weighted by Crippen LogP contribution is -2.26. The first-order valence-electron chi connectivity index (χ1n) is 7.53. The molecule has 1 aliphatic heterocycles. The van der Waals surface area contributed by atoms with Crippen LogP contribution in [0.4, 0.5) is 0 Å². The first kappa shape index (κ1) is 13.7. The summed E-state index contributed by atoms with van der Waals surface area (Å²) in [5.74, 6) is 1.62. The van der Waals surface area contributed by atoms with Gasteiger partial charge in [0.15, 0.2) is 0 Å². The summed E-state index contributed by atoms with van der Waals surface area (Å²) >= 11 is 0. The Hall–Kier alpha value is -1.32. The van der Waals surface area contributed by atoms with Gasteiger partial charge in [0, 0.05) is 29.3 Å². The van der Waals surface area contributed by atoms with Crippen molar-refractivity contribution in [1.29, 1.82) is 0 Å². The van der Waals surface area contributed by atoms with E-state index in [1.54, 1.807) is 0 Å². The molecular formula is C17H23NO2. The molecule has 1 aliphatic rings. The quantitative estimate of drug-likeness (QED) is 0.922. The average molecular weight is 273 g/mol. The molecule has 3 unspecified atom stereocenters. The Kier molecular flexibility index (Phi) is 3.81. The Morgan fingerprint density at radius 1 is 1.35 bits per heavy atom. The second kappa shape index (κ2) is 5.58. The van der Waals surface area contributed by atoms with Crippen LogP contribution in [-0.4, -0.2) is 19.8 Å². The number of furan rings is 1. The molecule has 3 nitrogen and oxygen atoms in total. The molecule has 2 aromatic rings. The molecule has 1 fully saturated rings. The molecule has 0 saturated carbocycles. The van der Waals surface area contributed by atoms with Crippen molar-refractivity contribution in [1.82, 2.24) is 5.32 Å². The summed E-state index contributed by atoms with van der Waals surface area (Å²) in [7, 11) is 2.04. The van der Waals surface area contributed by atoms with Crippen molar-refractivity contribution in [2.24, 2.45) is 5.92 Å². The third kappa shape index (κ3) is 2.25. The minimum absolute atomic E-state index is 0.304. The van der Waals surface area contributed by atoms with Crippen molar-refractivity contribution >= 4 is 11.0 Å². The first-order valence-corrected chi connectivity index (χ1v) is 7.53. The topological polar surface area (TPSA) is 34.4 Å². The van der Waals surface area contributed by atoms with Crippen LogP contribution in [0.1, 0.15) is 37.6 Å². The molecule has 3 atom stereocenters. The van der Waals surface area contributed by atoms with Gasteiger partial charge >= 0.3 is 0 Å². The Morgan fingerprint density at radius 3 is 2.80 bits per heavy atom. The van der Waals surface area contributed by atoms with E-state index >= 15 is 0 Å². The normalized spacial score (nSPS) is 24.4. The Bertz CT molecular complexity index is 590. The number of hydrogen-bond donors (Lipinski definition) is 1. The highest BCUT2D eigenvalue weighted by atomic mass is 16.5. The molecule has 3 heteroatoms. The molecule has 1 saturated heterocycles. The molecule has 0 aliphatic carbocycles. The number of aryl methyl sites for hydroxylation is 1. The predicted molar refractivity (Wildman–Crippen MR) is 80.9 cm³/mol. The van der Waals surface area contributed by atoms with Gasteiger partial charge in [-0.15, -0.1) is 0 Å². The Morgan fingerprint density at radius 2 is 2.15 bits per heavy atom. The zero-order valence-electron chi connectivity index (χ0n) is 12.5. The van der Waals surface area contributed by atoms with E-state index in [9.17, 15) is 0 Å². The zero-order valence-corrected chi connectivity index (χ0v) is 12.5. The van der Waals surface area contributed by atoms with Crippen LogP contribution in [0.2, 0.25) is 0 Å². The van der Waals surface area contributed by atoms with Gasteiger partial charge < -0.3 is 14.5 Å². The van der Waals surface area contributed by atoms with Gasteiger partial charge in [-0.3, -0.25) is 0 Å². The van der Waals surface area contributed by atoms with Gasteiger partial charge in [0.25, 0.3) is 0 Å². The molecule has 108 valence electrons. The molecule has 1 aromatic carbocycles. The van der Waals surface area contributed by atoms with E-state index in [1.165, 1.54) is 10.9 Å². The summed E-state index contributed by atoms with van der Waals surface area (Å²) < 4.78 is 11.8. The van der Waals surface area contributed by atoms with E-state index in [4.69, 9.17) is 9.15 Å². The summed E-state index contributed by atoms with van der Waals surface area (Å²) in [6.45, 7) is 5.14. The lowest BCUT2D eigenvalue weighted by atomic mass is 9.89. The second-order valence-electron chi connectivity index (χ2n) is 5.69. The number of hydrogen-bond acceptors (Lipinski definition) is 3.